The number of aliphatic hydroxyl groups excluding tert-OH is 1. The normalized spacial score (nSPS) is 9.50. The number of hydrogen-bond donors (Lipinski definition) is 2. The minimum atomic E-state index is -0.701. The molecule has 0 saturated carbocycles. The number of carbonyl (C=O) groups is 1. The molecule has 0 heterocycles. The van der Waals surface area contributed by atoms with E-state index in [0.29, 0.717) is 5.56 Å². The molecule has 1 aromatic carbocycles. The van der Waals surface area contributed by atoms with Gasteiger partial charge in [-0.2, -0.15) is 5.06 Å². The maximum absolute atomic E-state index is 11.1. The SMILES string of the molecule is O=C(c1ccccc1)N(O)CO. The van der Waals surface area contributed by atoms with Gasteiger partial charge in [-0.3, -0.25) is 10.0 Å². The largest absolute Gasteiger partial charge is 0.374 e. The van der Waals surface area contributed by atoms with Crippen LogP contribution in [0.3, 0.4) is 0 Å². The van der Waals surface area contributed by atoms with Crippen molar-refractivity contribution in [3.8, 4) is 0 Å². The highest BCUT2D eigenvalue weighted by Gasteiger charge is 2.10. The molecule has 1 aromatic rings. The lowest BCUT2D eigenvalue weighted by atomic mass is 10.2. The Bertz CT molecular complexity index is 260. The summed E-state index contributed by atoms with van der Waals surface area (Å²) in [6, 6.07) is 8.23. The number of hydroxylamine groups is 2. The first-order valence-electron chi connectivity index (χ1n) is 3.42. The van der Waals surface area contributed by atoms with Crippen molar-refractivity contribution in [1.82, 2.24) is 5.06 Å². The van der Waals surface area contributed by atoms with Gasteiger partial charge in [0.2, 0.25) is 0 Å². The average Bonchev–Trinajstić information content (AvgIpc) is 2.17. The highest BCUT2D eigenvalue weighted by Crippen LogP contribution is 2.01. The van der Waals surface area contributed by atoms with Crippen LogP contribution in [-0.4, -0.2) is 28.0 Å². The molecule has 4 heteroatoms. The first kappa shape index (κ1) is 8.70. The maximum Gasteiger partial charge on any atom is 0.279 e. The van der Waals surface area contributed by atoms with Crippen LogP contribution in [0, 0.1) is 0 Å². The van der Waals surface area contributed by atoms with Gasteiger partial charge < -0.3 is 5.11 Å². The summed E-state index contributed by atoms with van der Waals surface area (Å²) in [5.74, 6) is -0.613. The lowest BCUT2D eigenvalue weighted by molar-refractivity contribution is -0.104. The van der Waals surface area contributed by atoms with Crippen molar-refractivity contribution in [3.05, 3.63) is 35.9 Å². The standard InChI is InChI=1S/C8H9NO3/c10-6-9(12)8(11)7-4-2-1-3-5-7/h1-5,10,12H,6H2. The molecule has 0 aliphatic rings. The minimum absolute atomic E-state index is 0.245. The van der Waals surface area contributed by atoms with Crippen LogP contribution < -0.4 is 0 Å². The van der Waals surface area contributed by atoms with Crippen LogP contribution in [0.1, 0.15) is 10.4 Å². The molecule has 1 rings (SSSR count). The Kier molecular flexibility index (Phi) is 2.79. The molecule has 64 valence electrons. The second-order valence-corrected chi connectivity index (χ2v) is 2.21. The van der Waals surface area contributed by atoms with E-state index in [9.17, 15) is 4.79 Å². The molecule has 0 aliphatic heterocycles. The summed E-state index contributed by atoms with van der Waals surface area (Å²) in [6.07, 6.45) is 0. The van der Waals surface area contributed by atoms with Crippen LogP contribution in [0.5, 0.6) is 0 Å². The maximum atomic E-state index is 11.1. The smallest absolute Gasteiger partial charge is 0.279 e. The first-order chi connectivity index (χ1) is 5.75. The van der Waals surface area contributed by atoms with Gasteiger partial charge in [0.05, 0.1) is 0 Å². The molecular weight excluding hydrogens is 158 g/mol. The summed E-state index contributed by atoms with van der Waals surface area (Å²) in [7, 11) is 0. The van der Waals surface area contributed by atoms with Gasteiger partial charge in [-0.05, 0) is 12.1 Å². The van der Waals surface area contributed by atoms with Gasteiger partial charge in [0.25, 0.3) is 5.91 Å². The summed E-state index contributed by atoms with van der Waals surface area (Å²) in [6.45, 7) is -0.701. The fourth-order valence-electron chi connectivity index (χ4n) is 0.794. The van der Waals surface area contributed by atoms with E-state index in [-0.39, 0.29) is 5.06 Å². The third-order valence-electron chi connectivity index (χ3n) is 1.39. The quantitative estimate of drug-likeness (QED) is 0.382. The Morgan fingerprint density at radius 3 is 2.42 bits per heavy atom. The third kappa shape index (κ3) is 1.81. The molecule has 0 aliphatic carbocycles. The van der Waals surface area contributed by atoms with Gasteiger partial charge >= 0.3 is 0 Å². The fourth-order valence-corrected chi connectivity index (χ4v) is 0.794. The molecule has 0 bridgehead atoms. The van der Waals surface area contributed by atoms with E-state index in [1.807, 2.05) is 0 Å². The van der Waals surface area contributed by atoms with Gasteiger partial charge in [-0.1, -0.05) is 18.2 Å². The lowest BCUT2D eigenvalue weighted by Crippen LogP contribution is -2.28. The average molecular weight is 167 g/mol. The van der Waals surface area contributed by atoms with Crippen LogP contribution in [0.15, 0.2) is 30.3 Å². The highest BCUT2D eigenvalue weighted by atomic mass is 16.5. The van der Waals surface area contributed by atoms with Crippen molar-refractivity contribution in [2.24, 2.45) is 0 Å². The zero-order valence-corrected chi connectivity index (χ0v) is 6.34. The summed E-state index contributed by atoms with van der Waals surface area (Å²) >= 11 is 0. The van der Waals surface area contributed by atoms with Crippen LogP contribution in [0.25, 0.3) is 0 Å². The Morgan fingerprint density at radius 1 is 1.33 bits per heavy atom. The van der Waals surface area contributed by atoms with E-state index >= 15 is 0 Å². The summed E-state index contributed by atoms with van der Waals surface area (Å²) in [4.78, 5) is 11.1. The van der Waals surface area contributed by atoms with Gasteiger partial charge in [0.1, 0.15) is 6.73 Å². The van der Waals surface area contributed by atoms with Crippen molar-refractivity contribution < 1.29 is 15.1 Å². The lowest BCUT2D eigenvalue weighted by Gasteiger charge is -2.10. The number of carbonyl (C=O) groups excluding carboxylic acids is 1. The van der Waals surface area contributed by atoms with E-state index in [2.05, 4.69) is 0 Å². The molecule has 0 saturated heterocycles. The van der Waals surface area contributed by atoms with Crippen LogP contribution in [0.2, 0.25) is 0 Å². The number of hydrogen-bond acceptors (Lipinski definition) is 3. The van der Waals surface area contributed by atoms with Gasteiger partial charge in [0.15, 0.2) is 0 Å². The third-order valence-corrected chi connectivity index (χ3v) is 1.39. The Labute approximate surface area is 69.6 Å². The van der Waals surface area contributed by atoms with Crippen molar-refractivity contribution in [2.45, 2.75) is 0 Å². The predicted molar refractivity (Wildman–Crippen MR) is 41.5 cm³/mol. The Balaban J connectivity index is 2.79. The predicted octanol–water partition coefficient (Wildman–Crippen LogP) is 0.468. The zero-order valence-electron chi connectivity index (χ0n) is 6.34. The molecule has 0 unspecified atom stereocenters. The van der Waals surface area contributed by atoms with E-state index in [0.717, 1.165) is 0 Å². The van der Waals surface area contributed by atoms with Crippen molar-refractivity contribution in [1.29, 1.82) is 0 Å². The van der Waals surface area contributed by atoms with E-state index < -0.39 is 12.6 Å². The molecule has 1 amide bonds. The highest BCUT2D eigenvalue weighted by molar-refractivity contribution is 5.93. The fraction of sp³-hybridized carbons (Fsp3) is 0.125. The van der Waals surface area contributed by atoms with Crippen molar-refractivity contribution in [3.63, 3.8) is 0 Å². The summed E-state index contributed by atoms with van der Waals surface area (Å²) in [5, 5.41) is 17.5. The summed E-state index contributed by atoms with van der Waals surface area (Å²) in [5.41, 5.74) is 0.342. The molecule has 2 N–H and O–H groups in total. The van der Waals surface area contributed by atoms with Crippen LogP contribution in [0.4, 0.5) is 0 Å². The number of rotatable bonds is 2. The van der Waals surface area contributed by atoms with Crippen LogP contribution in [-0.2, 0) is 0 Å². The summed E-state index contributed by atoms with van der Waals surface area (Å²) < 4.78 is 0. The molecule has 0 aromatic heterocycles. The molecule has 12 heavy (non-hydrogen) atoms. The molecule has 4 nitrogen and oxygen atoms in total. The van der Waals surface area contributed by atoms with Gasteiger partial charge in [-0.25, -0.2) is 0 Å². The van der Waals surface area contributed by atoms with Crippen molar-refractivity contribution >= 4 is 5.91 Å². The van der Waals surface area contributed by atoms with E-state index in [4.69, 9.17) is 10.3 Å². The number of amides is 1. The van der Waals surface area contributed by atoms with Crippen molar-refractivity contribution in [2.75, 3.05) is 6.73 Å². The molecule has 0 fully saturated rings. The van der Waals surface area contributed by atoms with Gasteiger partial charge in [-0.15, -0.1) is 0 Å². The number of aliphatic hydroxyl groups is 1. The minimum Gasteiger partial charge on any atom is -0.374 e. The van der Waals surface area contributed by atoms with E-state index in [1.165, 1.54) is 0 Å². The Hall–Kier alpha value is -1.39. The van der Waals surface area contributed by atoms with Gasteiger partial charge in [0, 0.05) is 5.56 Å². The molecule has 0 radical (unpaired) electrons. The molecular formula is C8H9NO3. The topological polar surface area (TPSA) is 60.8 Å². The number of benzene rings is 1. The second-order valence-electron chi connectivity index (χ2n) is 2.21. The second kappa shape index (κ2) is 3.85. The van der Waals surface area contributed by atoms with Crippen LogP contribution >= 0.6 is 0 Å². The molecule has 0 atom stereocenters. The Morgan fingerprint density at radius 2 is 1.92 bits per heavy atom. The first-order valence-corrected chi connectivity index (χ1v) is 3.42. The van der Waals surface area contributed by atoms with E-state index in [1.54, 1.807) is 30.3 Å². The molecule has 0 spiro atoms. The number of nitrogens with zero attached hydrogens (tertiary/aromatic N) is 1. The monoisotopic (exact) mass is 167 g/mol. The zero-order chi connectivity index (χ0) is 8.97.